The zero-order valence-corrected chi connectivity index (χ0v) is 10.8. The summed E-state index contributed by atoms with van der Waals surface area (Å²) in [7, 11) is 0. The Bertz CT molecular complexity index is 387. The molecule has 4 heteroatoms. The lowest BCUT2D eigenvalue weighted by atomic mass is 9.98. The highest BCUT2D eigenvalue weighted by atomic mass is 16.5. The highest BCUT2D eigenvalue weighted by Crippen LogP contribution is 2.28. The van der Waals surface area contributed by atoms with Gasteiger partial charge in [-0.15, -0.1) is 0 Å². The number of aldehydes is 1. The Morgan fingerprint density at radius 3 is 2.94 bits per heavy atom. The lowest BCUT2D eigenvalue weighted by molar-refractivity contribution is -0.111. The van der Waals surface area contributed by atoms with Gasteiger partial charge in [0.1, 0.15) is 6.29 Å². The molecule has 0 spiro atoms. The second-order valence-electron chi connectivity index (χ2n) is 4.63. The minimum absolute atomic E-state index is 0.213. The molecule has 98 valence electrons. The van der Waals surface area contributed by atoms with Gasteiger partial charge < -0.3 is 14.4 Å². The van der Waals surface area contributed by atoms with E-state index in [0.29, 0.717) is 6.61 Å². The van der Waals surface area contributed by atoms with Crippen LogP contribution in [0.1, 0.15) is 26.2 Å². The molecular weight excluding hydrogens is 228 g/mol. The monoisotopic (exact) mass is 248 g/mol. The van der Waals surface area contributed by atoms with Crippen LogP contribution in [-0.4, -0.2) is 31.0 Å². The highest BCUT2D eigenvalue weighted by Gasteiger charge is 2.21. The first kappa shape index (κ1) is 12.9. The van der Waals surface area contributed by atoms with Crippen LogP contribution in [-0.2, 0) is 4.79 Å². The smallest absolute Gasteiger partial charge is 0.171 e. The normalized spacial score (nSPS) is 16.6. The topological polar surface area (TPSA) is 42.4 Å². The first-order valence-electron chi connectivity index (χ1n) is 6.63. The molecule has 1 aliphatic heterocycles. The van der Waals surface area contributed by atoms with E-state index in [1.165, 1.54) is 0 Å². The number of hydrogen-bond donors (Lipinski definition) is 0. The van der Waals surface area contributed by atoms with Crippen LogP contribution in [0.3, 0.4) is 0 Å². The molecule has 4 nitrogen and oxygen atoms in total. The summed E-state index contributed by atoms with van der Waals surface area (Å²) in [6.45, 7) is 4.56. The van der Waals surface area contributed by atoms with Crippen molar-refractivity contribution in [3.63, 3.8) is 0 Å². The third kappa shape index (κ3) is 3.00. The molecule has 0 N–H and O–H groups in total. The number of piperidine rings is 1. The van der Waals surface area contributed by atoms with E-state index in [-0.39, 0.29) is 5.92 Å². The number of nitrogens with zero attached hydrogens (tertiary/aromatic N) is 2. The molecule has 0 radical (unpaired) electrons. The Morgan fingerprint density at radius 2 is 2.28 bits per heavy atom. The van der Waals surface area contributed by atoms with Gasteiger partial charge in [0.25, 0.3) is 0 Å². The van der Waals surface area contributed by atoms with E-state index in [2.05, 4.69) is 16.8 Å². The Morgan fingerprint density at radius 1 is 1.50 bits per heavy atom. The van der Waals surface area contributed by atoms with E-state index in [1.807, 2.05) is 12.1 Å². The number of aromatic nitrogens is 1. The molecule has 1 aromatic rings. The van der Waals surface area contributed by atoms with E-state index in [1.54, 1.807) is 6.20 Å². The Labute approximate surface area is 108 Å². The molecule has 1 saturated heterocycles. The van der Waals surface area contributed by atoms with Crippen molar-refractivity contribution in [2.75, 3.05) is 24.6 Å². The number of anilines is 1. The van der Waals surface area contributed by atoms with Gasteiger partial charge in [-0.25, -0.2) is 4.98 Å². The predicted octanol–water partition coefficient (Wildman–Crippen LogP) is 2.29. The number of hydrogen-bond acceptors (Lipinski definition) is 4. The van der Waals surface area contributed by atoms with Gasteiger partial charge in [0.2, 0.25) is 0 Å². The van der Waals surface area contributed by atoms with Gasteiger partial charge in [-0.05, 0) is 31.4 Å². The Kier molecular flexibility index (Phi) is 4.56. The minimum atomic E-state index is 0.213. The summed E-state index contributed by atoms with van der Waals surface area (Å²) in [6.07, 6.45) is 5.67. The molecule has 0 aliphatic carbocycles. The maximum Gasteiger partial charge on any atom is 0.171 e. The molecule has 2 heterocycles. The quantitative estimate of drug-likeness (QED) is 0.750. The summed E-state index contributed by atoms with van der Waals surface area (Å²) >= 11 is 0. The van der Waals surface area contributed by atoms with Crippen LogP contribution in [0.2, 0.25) is 0 Å². The van der Waals surface area contributed by atoms with Crippen LogP contribution in [0.4, 0.5) is 5.82 Å². The van der Waals surface area contributed by atoms with E-state index in [9.17, 15) is 4.79 Å². The van der Waals surface area contributed by atoms with Crippen molar-refractivity contribution in [1.82, 2.24) is 4.98 Å². The first-order chi connectivity index (χ1) is 8.85. The van der Waals surface area contributed by atoms with Gasteiger partial charge in [-0.1, -0.05) is 6.92 Å². The standard InChI is InChI=1S/C14H20N2O2/c1-2-10-18-13-4-3-7-15-14(13)16-8-5-12(11-17)6-9-16/h3-4,7,11-12H,2,5-6,8-10H2,1H3. The number of carbonyl (C=O) groups is 1. The predicted molar refractivity (Wildman–Crippen MR) is 71.0 cm³/mol. The second kappa shape index (κ2) is 6.38. The fourth-order valence-corrected chi connectivity index (χ4v) is 2.19. The summed E-state index contributed by atoms with van der Waals surface area (Å²) in [4.78, 5) is 17.4. The van der Waals surface area contributed by atoms with Crippen molar-refractivity contribution in [2.24, 2.45) is 5.92 Å². The maximum absolute atomic E-state index is 10.8. The zero-order valence-electron chi connectivity index (χ0n) is 10.8. The summed E-state index contributed by atoms with van der Waals surface area (Å²) < 4.78 is 5.72. The fraction of sp³-hybridized carbons (Fsp3) is 0.571. The Hall–Kier alpha value is -1.58. The molecule has 0 saturated carbocycles. The fourth-order valence-electron chi connectivity index (χ4n) is 2.19. The van der Waals surface area contributed by atoms with Crippen LogP contribution in [0.5, 0.6) is 5.75 Å². The van der Waals surface area contributed by atoms with Crippen LogP contribution in [0.25, 0.3) is 0 Å². The molecule has 1 fully saturated rings. The van der Waals surface area contributed by atoms with Gasteiger partial charge in [-0.3, -0.25) is 0 Å². The molecule has 0 aromatic carbocycles. The molecule has 0 atom stereocenters. The number of pyridine rings is 1. The lowest BCUT2D eigenvalue weighted by Gasteiger charge is -2.31. The average molecular weight is 248 g/mol. The second-order valence-corrected chi connectivity index (χ2v) is 4.63. The van der Waals surface area contributed by atoms with Crippen molar-refractivity contribution >= 4 is 12.1 Å². The average Bonchev–Trinajstić information content (AvgIpc) is 2.45. The van der Waals surface area contributed by atoms with Crippen LogP contribution >= 0.6 is 0 Å². The van der Waals surface area contributed by atoms with Gasteiger partial charge in [0, 0.05) is 25.2 Å². The van der Waals surface area contributed by atoms with Crippen molar-refractivity contribution in [1.29, 1.82) is 0 Å². The highest BCUT2D eigenvalue weighted by molar-refractivity contribution is 5.56. The number of rotatable bonds is 5. The summed E-state index contributed by atoms with van der Waals surface area (Å²) in [5.74, 6) is 1.98. The SMILES string of the molecule is CCCOc1cccnc1N1CCC(C=O)CC1. The van der Waals surface area contributed by atoms with Crippen molar-refractivity contribution in [3.8, 4) is 5.75 Å². The molecule has 2 rings (SSSR count). The van der Waals surface area contributed by atoms with Gasteiger partial charge in [0.15, 0.2) is 11.6 Å². The first-order valence-corrected chi connectivity index (χ1v) is 6.63. The molecule has 1 aromatic heterocycles. The number of carbonyl (C=O) groups excluding carboxylic acids is 1. The van der Waals surface area contributed by atoms with E-state index >= 15 is 0 Å². The third-order valence-corrected chi connectivity index (χ3v) is 3.24. The van der Waals surface area contributed by atoms with Gasteiger partial charge in [-0.2, -0.15) is 0 Å². The van der Waals surface area contributed by atoms with Crippen LogP contribution < -0.4 is 9.64 Å². The molecule has 18 heavy (non-hydrogen) atoms. The molecule has 1 aliphatic rings. The summed E-state index contributed by atoms with van der Waals surface area (Å²) in [6, 6.07) is 3.86. The van der Waals surface area contributed by atoms with Gasteiger partial charge >= 0.3 is 0 Å². The van der Waals surface area contributed by atoms with Crippen LogP contribution in [0, 0.1) is 5.92 Å². The molecule has 0 amide bonds. The van der Waals surface area contributed by atoms with E-state index < -0.39 is 0 Å². The van der Waals surface area contributed by atoms with Gasteiger partial charge in [0.05, 0.1) is 6.61 Å². The third-order valence-electron chi connectivity index (χ3n) is 3.24. The van der Waals surface area contributed by atoms with E-state index in [0.717, 1.165) is 50.2 Å². The zero-order chi connectivity index (χ0) is 12.8. The number of ether oxygens (including phenoxy) is 1. The Balaban J connectivity index is 2.06. The summed E-state index contributed by atoms with van der Waals surface area (Å²) in [5.41, 5.74) is 0. The maximum atomic E-state index is 10.8. The van der Waals surface area contributed by atoms with Crippen LogP contribution in [0.15, 0.2) is 18.3 Å². The summed E-state index contributed by atoms with van der Waals surface area (Å²) in [5, 5.41) is 0. The lowest BCUT2D eigenvalue weighted by Crippen LogP contribution is -2.34. The van der Waals surface area contributed by atoms with Crippen molar-refractivity contribution < 1.29 is 9.53 Å². The molecule has 0 unspecified atom stereocenters. The van der Waals surface area contributed by atoms with Crippen molar-refractivity contribution in [3.05, 3.63) is 18.3 Å². The largest absolute Gasteiger partial charge is 0.490 e. The molecular formula is C14H20N2O2. The van der Waals surface area contributed by atoms with E-state index in [4.69, 9.17) is 4.74 Å². The van der Waals surface area contributed by atoms with Crippen molar-refractivity contribution in [2.45, 2.75) is 26.2 Å². The molecule has 0 bridgehead atoms. The minimum Gasteiger partial charge on any atom is -0.490 e.